The van der Waals surface area contributed by atoms with Crippen LogP contribution in [-0.2, 0) is 4.79 Å². The minimum atomic E-state index is -0.643. The van der Waals surface area contributed by atoms with E-state index < -0.39 is 17.5 Å². The highest BCUT2D eigenvalue weighted by atomic mass is 16.6. The summed E-state index contributed by atoms with van der Waals surface area (Å²) in [7, 11) is 0. The topological polar surface area (TPSA) is 78.7 Å². The van der Waals surface area contributed by atoms with Crippen molar-refractivity contribution in [3.05, 3.63) is 89.0 Å². The number of rotatable bonds is 6. The molecule has 0 saturated carbocycles. The molecule has 0 heterocycles. The zero-order valence-electron chi connectivity index (χ0n) is 13.7. The highest BCUT2D eigenvalue weighted by Crippen LogP contribution is 2.26. The van der Waals surface area contributed by atoms with Crippen molar-refractivity contribution in [2.45, 2.75) is 0 Å². The fourth-order valence-corrected chi connectivity index (χ4v) is 2.37. The first-order chi connectivity index (χ1) is 12.6. The molecule has 0 fully saturated rings. The Kier molecular flexibility index (Phi) is 5.24. The smallest absolute Gasteiger partial charge is 0.349 e. The van der Waals surface area contributed by atoms with Gasteiger partial charge in [0, 0.05) is 6.07 Å². The Morgan fingerprint density at radius 3 is 2.15 bits per heavy atom. The van der Waals surface area contributed by atoms with Crippen molar-refractivity contribution in [3.63, 3.8) is 0 Å². The molecule has 0 radical (unpaired) electrons. The van der Waals surface area contributed by atoms with Gasteiger partial charge in [0.1, 0.15) is 5.75 Å². The highest BCUT2D eigenvalue weighted by Gasteiger charge is 2.15. The summed E-state index contributed by atoms with van der Waals surface area (Å²) < 4.78 is 10.4. The molecule has 0 amide bonds. The van der Waals surface area contributed by atoms with Crippen LogP contribution in [0.5, 0.6) is 11.5 Å². The Morgan fingerprint density at radius 1 is 0.846 bits per heavy atom. The predicted molar refractivity (Wildman–Crippen MR) is 96.1 cm³/mol. The number of nitrogens with zero attached hydrogens (tertiary/aromatic N) is 1. The number of carbonyl (C=O) groups is 1. The normalized spacial score (nSPS) is 10.2. The van der Waals surface area contributed by atoms with Crippen molar-refractivity contribution in [1.29, 1.82) is 0 Å². The van der Waals surface area contributed by atoms with E-state index in [0.29, 0.717) is 5.75 Å². The molecule has 0 saturated heterocycles. The van der Waals surface area contributed by atoms with E-state index in [-0.39, 0.29) is 11.4 Å². The average Bonchev–Trinajstić information content (AvgIpc) is 2.68. The fraction of sp³-hybridized carbons (Fsp3) is 0.0500. The third-order valence-electron chi connectivity index (χ3n) is 3.60. The molecular formula is C20H15NO5. The second-order valence-corrected chi connectivity index (χ2v) is 5.38. The minimum absolute atomic E-state index is 0.0221. The van der Waals surface area contributed by atoms with Crippen LogP contribution in [0.4, 0.5) is 5.69 Å². The molecule has 6 heteroatoms. The molecule has 3 aromatic rings. The fourth-order valence-electron chi connectivity index (χ4n) is 2.37. The van der Waals surface area contributed by atoms with Crippen molar-refractivity contribution >= 4 is 11.7 Å². The Labute approximate surface area is 149 Å². The molecule has 0 aliphatic rings. The van der Waals surface area contributed by atoms with Gasteiger partial charge in [-0.05, 0) is 29.3 Å². The summed E-state index contributed by atoms with van der Waals surface area (Å²) in [6, 6.07) is 22.7. The zero-order valence-corrected chi connectivity index (χ0v) is 13.7. The van der Waals surface area contributed by atoms with Crippen LogP contribution >= 0.6 is 0 Å². The van der Waals surface area contributed by atoms with E-state index in [9.17, 15) is 14.9 Å². The first-order valence-electron chi connectivity index (χ1n) is 7.86. The lowest BCUT2D eigenvalue weighted by molar-refractivity contribution is -0.385. The molecule has 0 aliphatic heterocycles. The van der Waals surface area contributed by atoms with E-state index in [1.807, 2.05) is 42.5 Å². The van der Waals surface area contributed by atoms with Crippen molar-refractivity contribution in [2.24, 2.45) is 0 Å². The lowest BCUT2D eigenvalue weighted by Gasteiger charge is -2.08. The maximum Gasteiger partial charge on any atom is 0.349 e. The standard InChI is InChI=1S/C20H15NO5/c22-20(14-25-19-9-5-4-8-18(19)21(23)24)26-17-12-10-16(11-13-17)15-6-2-1-3-7-15/h1-13H,14H2. The number of carbonyl (C=O) groups excluding carboxylic acids is 1. The zero-order chi connectivity index (χ0) is 18.4. The molecule has 0 N–H and O–H groups in total. The lowest BCUT2D eigenvalue weighted by atomic mass is 10.1. The summed E-state index contributed by atoms with van der Waals surface area (Å²) in [4.78, 5) is 22.3. The predicted octanol–water partition coefficient (Wildman–Crippen LogP) is 4.25. The van der Waals surface area contributed by atoms with Crippen LogP contribution in [0.2, 0.25) is 0 Å². The SMILES string of the molecule is O=C(COc1ccccc1[N+](=O)[O-])Oc1ccc(-c2ccccc2)cc1. The van der Waals surface area contributed by atoms with Crippen LogP contribution < -0.4 is 9.47 Å². The number of ether oxygens (including phenoxy) is 2. The number of nitro benzene ring substituents is 1. The Bertz CT molecular complexity index is 907. The van der Waals surface area contributed by atoms with E-state index >= 15 is 0 Å². The third kappa shape index (κ3) is 4.24. The van der Waals surface area contributed by atoms with Gasteiger partial charge in [-0.25, -0.2) is 4.79 Å². The van der Waals surface area contributed by atoms with Gasteiger partial charge < -0.3 is 9.47 Å². The van der Waals surface area contributed by atoms with Crippen LogP contribution in [0.15, 0.2) is 78.9 Å². The molecule has 3 aromatic carbocycles. The number of hydrogen-bond donors (Lipinski definition) is 0. The van der Waals surface area contributed by atoms with E-state index in [0.717, 1.165) is 11.1 Å². The maximum absolute atomic E-state index is 11.9. The largest absolute Gasteiger partial charge is 0.475 e. The molecule has 0 aliphatic carbocycles. The summed E-state index contributed by atoms with van der Waals surface area (Å²) in [6.45, 7) is -0.425. The summed E-state index contributed by atoms with van der Waals surface area (Å²) in [5, 5.41) is 10.9. The molecule has 0 unspecified atom stereocenters. The molecule has 0 bridgehead atoms. The number of esters is 1. The van der Waals surface area contributed by atoms with Gasteiger partial charge >= 0.3 is 11.7 Å². The molecule has 130 valence electrons. The average molecular weight is 349 g/mol. The van der Waals surface area contributed by atoms with Crippen molar-refractivity contribution in [2.75, 3.05) is 6.61 Å². The van der Waals surface area contributed by atoms with Crippen LogP contribution in [0.3, 0.4) is 0 Å². The van der Waals surface area contributed by atoms with Gasteiger partial charge in [0.05, 0.1) is 4.92 Å². The lowest BCUT2D eigenvalue weighted by Crippen LogP contribution is -2.18. The highest BCUT2D eigenvalue weighted by molar-refractivity contribution is 5.74. The Hall–Kier alpha value is -3.67. The molecule has 6 nitrogen and oxygen atoms in total. The molecule has 0 atom stereocenters. The second kappa shape index (κ2) is 7.94. The number of nitro groups is 1. The first kappa shape index (κ1) is 17.2. The number of benzene rings is 3. The second-order valence-electron chi connectivity index (χ2n) is 5.38. The summed E-state index contributed by atoms with van der Waals surface area (Å²) >= 11 is 0. The molecule has 26 heavy (non-hydrogen) atoms. The van der Waals surface area contributed by atoms with E-state index in [1.165, 1.54) is 18.2 Å². The van der Waals surface area contributed by atoms with Gasteiger partial charge in [-0.3, -0.25) is 10.1 Å². The van der Waals surface area contributed by atoms with Gasteiger partial charge in [-0.1, -0.05) is 54.6 Å². The Morgan fingerprint density at radius 2 is 1.46 bits per heavy atom. The quantitative estimate of drug-likeness (QED) is 0.288. The van der Waals surface area contributed by atoms with Gasteiger partial charge in [0.2, 0.25) is 0 Å². The van der Waals surface area contributed by atoms with Crippen LogP contribution in [0.25, 0.3) is 11.1 Å². The van der Waals surface area contributed by atoms with Gasteiger partial charge in [-0.15, -0.1) is 0 Å². The van der Waals surface area contributed by atoms with Gasteiger partial charge in [0.15, 0.2) is 12.4 Å². The number of para-hydroxylation sites is 2. The molecular weight excluding hydrogens is 334 g/mol. The van der Waals surface area contributed by atoms with Gasteiger partial charge in [0.25, 0.3) is 0 Å². The van der Waals surface area contributed by atoms with Crippen molar-refractivity contribution < 1.29 is 19.2 Å². The van der Waals surface area contributed by atoms with Gasteiger partial charge in [-0.2, -0.15) is 0 Å². The summed E-state index contributed by atoms with van der Waals surface area (Å²) in [5.41, 5.74) is 1.86. The first-order valence-corrected chi connectivity index (χ1v) is 7.86. The summed E-state index contributed by atoms with van der Waals surface area (Å²) in [6.07, 6.45) is 0. The number of hydrogen-bond acceptors (Lipinski definition) is 5. The molecule has 0 aromatic heterocycles. The summed E-state index contributed by atoms with van der Waals surface area (Å²) in [5.74, 6) is -0.245. The molecule has 3 rings (SSSR count). The van der Waals surface area contributed by atoms with Crippen LogP contribution in [0.1, 0.15) is 0 Å². The molecule has 0 spiro atoms. The monoisotopic (exact) mass is 349 g/mol. The van der Waals surface area contributed by atoms with E-state index in [1.54, 1.807) is 18.2 Å². The van der Waals surface area contributed by atoms with Crippen molar-refractivity contribution in [1.82, 2.24) is 0 Å². The minimum Gasteiger partial charge on any atom is -0.475 e. The third-order valence-corrected chi connectivity index (χ3v) is 3.60. The Balaban J connectivity index is 1.60. The van der Waals surface area contributed by atoms with Crippen molar-refractivity contribution in [3.8, 4) is 22.6 Å². The van der Waals surface area contributed by atoms with Crippen LogP contribution in [-0.4, -0.2) is 17.5 Å². The maximum atomic E-state index is 11.9. The van der Waals surface area contributed by atoms with Crippen LogP contribution in [0, 0.1) is 10.1 Å². The van der Waals surface area contributed by atoms with E-state index in [2.05, 4.69) is 0 Å². The van der Waals surface area contributed by atoms with E-state index in [4.69, 9.17) is 9.47 Å².